The lowest BCUT2D eigenvalue weighted by atomic mass is 9.93. The van der Waals surface area contributed by atoms with Gasteiger partial charge in [0.15, 0.2) is 0 Å². The molecule has 5 nitrogen and oxygen atoms in total. The molecule has 1 fully saturated rings. The molecule has 0 bridgehead atoms. The molecule has 1 aliphatic heterocycles. The molecule has 0 aromatic carbocycles. The van der Waals surface area contributed by atoms with Gasteiger partial charge in [-0.05, 0) is 18.6 Å². The van der Waals surface area contributed by atoms with E-state index in [1.807, 2.05) is 25.3 Å². The van der Waals surface area contributed by atoms with E-state index in [-0.39, 0.29) is 12.5 Å². The van der Waals surface area contributed by atoms with Crippen LogP contribution in [-0.2, 0) is 6.54 Å². The molecule has 2 aromatic heterocycles. The van der Waals surface area contributed by atoms with Gasteiger partial charge in [0.2, 0.25) is 0 Å². The second kappa shape index (κ2) is 7.36. The van der Waals surface area contributed by atoms with E-state index >= 15 is 0 Å². The first kappa shape index (κ1) is 17.0. The average molecular weight is 348 g/mol. The number of aryl methyl sites for hydroxylation is 1. The highest BCUT2D eigenvalue weighted by Crippen LogP contribution is 2.27. The SMILES string of the molecule is Cc1ccc(CNCC2(F)CCN(C(=O)c3cncs3)CC2)nc1. The normalized spacial score (nSPS) is 17.0. The third-order valence-corrected chi connectivity index (χ3v) is 5.07. The van der Waals surface area contributed by atoms with Crippen molar-refractivity contribution in [2.75, 3.05) is 19.6 Å². The fourth-order valence-corrected chi connectivity index (χ4v) is 3.37. The molecule has 0 saturated carbocycles. The number of amides is 1. The van der Waals surface area contributed by atoms with E-state index in [1.165, 1.54) is 11.3 Å². The molecular weight excluding hydrogens is 327 g/mol. The number of nitrogens with zero attached hydrogens (tertiary/aromatic N) is 3. The second-order valence-electron chi connectivity index (χ2n) is 6.24. The van der Waals surface area contributed by atoms with Gasteiger partial charge in [-0.2, -0.15) is 0 Å². The highest BCUT2D eigenvalue weighted by Gasteiger charge is 2.36. The topological polar surface area (TPSA) is 58.1 Å². The number of likely N-dealkylation sites (tertiary alicyclic amines) is 1. The quantitative estimate of drug-likeness (QED) is 0.902. The predicted molar refractivity (Wildman–Crippen MR) is 91.8 cm³/mol. The van der Waals surface area contributed by atoms with Gasteiger partial charge in [-0.15, -0.1) is 11.3 Å². The van der Waals surface area contributed by atoms with E-state index in [4.69, 9.17) is 0 Å². The minimum Gasteiger partial charge on any atom is -0.338 e. The number of hydrogen-bond donors (Lipinski definition) is 1. The molecule has 0 radical (unpaired) electrons. The number of alkyl halides is 1. The van der Waals surface area contributed by atoms with Gasteiger partial charge in [0.1, 0.15) is 10.5 Å². The lowest BCUT2D eigenvalue weighted by molar-refractivity contribution is 0.0437. The number of piperidine rings is 1. The van der Waals surface area contributed by atoms with Crippen LogP contribution >= 0.6 is 11.3 Å². The third kappa shape index (κ3) is 4.15. The Labute approximate surface area is 144 Å². The number of carbonyl (C=O) groups is 1. The third-order valence-electron chi connectivity index (χ3n) is 4.31. The van der Waals surface area contributed by atoms with E-state index in [2.05, 4.69) is 15.3 Å². The van der Waals surface area contributed by atoms with Crippen LogP contribution in [0.3, 0.4) is 0 Å². The molecule has 0 spiro atoms. The first-order chi connectivity index (χ1) is 11.6. The molecule has 1 aliphatic rings. The van der Waals surface area contributed by atoms with Gasteiger partial charge in [0, 0.05) is 45.2 Å². The summed E-state index contributed by atoms with van der Waals surface area (Å²) in [4.78, 5) is 22.8. The minimum atomic E-state index is -1.27. The highest BCUT2D eigenvalue weighted by molar-refractivity contribution is 7.11. The summed E-state index contributed by atoms with van der Waals surface area (Å²) in [7, 11) is 0. The van der Waals surface area contributed by atoms with Gasteiger partial charge in [-0.1, -0.05) is 6.07 Å². The molecule has 3 heterocycles. The van der Waals surface area contributed by atoms with Gasteiger partial charge >= 0.3 is 0 Å². The van der Waals surface area contributed by atoms with Crippen molar-refractivity contribution in [3.63, 3.8) is 0 Å². The van der Waals surface area contributed by atoms with E-state index in [1.54, 1.807) is 16.6 Å². The lowest BCUT2D eigenvalue weighted by Crippen LogP contribution is -2.48. The van der Waals surface area contributed by atoms with Crippen LogP contribution in [0.25, 0.3) is 0 Å². The zero-order valence-corrected chi connectivity index (χ0v) is 14.5. The number of aromatic nitrogens is 2. The van der Waals surface area contributed by atoms with Crippen molar-refractivity contribution in [1.29, 1.82) is 0 Å². The molecule has 0 unspecified atom stereocenters. The fraction of sp³-hybridized carbons (Fsp3) is 0.471. The van der Waals surface area contributed by atoms with Gasteiger partial charge in [-0.25, -0.2) is 4.39 Å². The summed E-state index contributed by atoms with van der Waals surface area (Å²) in [5, 5.41) is 3.15. The molecule has 1 amide bonds. The first-order valence-corrected chi connectivity index (χ1v) is 8.93. The molecule has 1 saturated heterocycles. The number of thiazole rings is 1. The predicted octanol–water partition coefficient (Wildman–Crippen LogP) is 2.58. The monoisotopic (exact) mass is 348 g/mol. The van der Waals surface area contributed by atoms with Gasteiger partial charge < -0.3 is 10.2 Å². The van der Waals surface area contributed by atoms with Crippen LogP contribution < -0.4 is 5.32 Å². The first-order valence-electron chi connectivity index (χ1n) is 8.05. The van der Waals surface area contributed by atoms with Crippen LogP contribution in [0.4, 0.5) is 4.39 Å². The number of rotatable bonds is 5. The molecule has 128 valence electrons. The fourth-order valence-electron chi connectivity index (χ4n) is 2.78. The Hall–Kier alpha value is -1.86. The van der Waals surface area contributed by atoms with Crippen molar-refractivity contribution in [3.05, 3.63) is 46.2 Å². The second-order valence-corrected chi connectivity index (χ2v) is 7.13. The van der Waals surface area contributed by atoms with Crippen LogP contribution in [-0.4, -0.2) is 46.1 Å². The van der Waals surface area contributed by atoms with E-state index in [0.29, 0.717) is 37.4 Å². The van der Waals surface area contributed by atoms with Crippen LogP contribution in [0.1, 0.15) is 33.8 Å². The van der Waals surface area contributed by atoms with Crippen LogP contribution in [0.2, 0.25) is 0 Å². The maximum Gasteiger partial charge on any atom is 0.265 e. The smallest absolute Gasteiger partial charge is 0.265 e. The molecule has 24 heavy (non-hydrogen) atoms. The minimum absolute atomic E-state index is 0.0450. The van der Waals surface area contributed by atoms with Crippen molar-refractivity contribution in [2.45, 2.75) is 32.0 Å². The van der Waals surface area contributed by atoms with E-state index in [0.717, 1.165) is 11.3 Å². The van der Waals surface area contributed by atoms with Crippen LogP contribution in [0, 0.1) is 6.92 Å². The maximum atomic E-state index is 14.9. The zero-order valence-electron chi connectivity index (χ0n) is 13.7. The summed E-state index contributed by atoms with van der Waals surface area (Å²) in [6.45, 7) is 3.71. The van der Waals surface area contributed by atoms with Crippen molar-refractivity contribution >= 4 is 17.2 Å². The number of halogens is 1. The largest absolute Gasteiger partial charge is 0.338 e. The van der Waals surface area contributed by atoms with Gasteiger partial charge in [0.05, 0.1) is 17.4 Å². The number of hydrogen-bond acceptors (Lipinski definition) is 5. The van der Waals surface area contributed by atoms with Gasteiger partial charge in [-0.3, -0.25) is 14.8 Å². The summed E-state index contributed by atoms with van der Waals surface area (Å²) in [5.41, 5.74) is 2.38. The van der Waals surface area contributed by atoms with E-state index < -0.39 is 5.67 Å². The number of nitrogens with one attached hydrogen (secondary N) is 1. The molecule has 2 aromatic rings. The van der Waals surface area contributed by atoms with Crippen molar-refractivity contribution in [1.82, 2.24) is 20.2 Å². The summed E-state index contributed by atoms with van der Waals surface area (Å²) >= 11 is 1.32. The van der Waals surface area contributed by atoms with Crippen LogP contribution in [0.5, 0.6) is 0 Å². The number of carbonyl (C=O) groups excluding carboxylic acids is 1. The summed E-state index contributed by atoms with van der Waals surface area (Å²) in [6.07, 6.45) is 4.09. The Morgan fingerprint density at radius 1 is 1.38 bits per heavy atom. The Morgan fingerprint density at radius 3 is 2.79 bits per heavy atom. The van der Waals surface area contributed by atoms with Crippen molar-refractivity contribution in [2.24, 2.45) is 0 Å². The Morgan fingerprint density at radius 2 is 2.17 bits per heavy atom. The van der Waals surface area contributed by atoms with Gasteiger partial charge in [0.25, 0.3) is 5.91 Å². The molecule has 3 rings (SSSR count). The van der Waals surface area contributed by atoms with Crippen molar-refractivity contribution < 1.29 is 9.18 Å². The highest BCUT2D eigenvalue weighted by atomic mass is 32.1. The summed E-state index contributed by atoms with van der Waals surface area (Å²) in [5.74, 6) is -0.0450. The van der Waals surface area contributed by atoms with Crippen LogP contribution in [0.15, 0.2) is 30.0 Å². The Bertz CT molecular complexity index is 666. The standard InChI is InChI=1S/C17H21FN4OS/c1-13-2-3-14(21-8-13)9-19-11-17(18)4-6-22(7-5-17)16(23)15-10-20-12-24-15/h2-3,8,10,12,19H,4-7,9,11H2,1H3. The molecule has 0 atom stereocenters. The van der Waals surface area contributed by atoms with Crippen molar-refractivity contribution in [3.8, 4) is 0 Å². The maximum absolute atomic E-state index is 14.9. The molecular formula is C17H21FN4OS. The Balaban J connectivity index is 1.46. The Kier molecular flexibility index (Phi) is 5.20. The average Bonchev–Trinajstić information content (AvgIpc) is 3.11. The molecule has 0 aliphatic carbocycles. The summed E-state index contributed by atoms with van der Waals surface area (Å²) < 4.78 is 14.9. The number of pyridine rings is 1. The zero-order chi connectivity index (χ0) is 17.0. The molecule has 1 N–H and O–H groups in total. The lowest BCUT2D eigenvalue weighted by Gasteiger charge is -2.36. The summed E-state index contributed by atoms with van der Waals surface area (Å²) in [6, 6.07) is 3.95. The molecule has 7 heteroatoms. The van der Waals surface area contributed by atoms with E-state index in [9.17, 15) is 9.18 Å².